The summed E-state index contributed by atoms with van der Waals surface area (Å²) in [7, 11) is -5.62. The van der Waals surface area contributed by atoms with Crippen LogP contribution in [0.1, 0.15) is 17.5 Å². The number of furan rings is 1. The summed E-state index contributed by atoms with van der Waals surface area (Å²) in [5.41, 5.74) is -5.37. The number of halogens is 6. The van der Waals surface area contributed by atoms with Crippen LogP contribution in [0.15, 0.2) is 45.9 Å². The molecule has 1 atom stereocenters. The molecule has 2 rings (SSSR count). The van der Waals surface area contributed by atoms with Crippen LogP contribution in [-0.4, -0.2) is 41.4 Å². The number of nitrogens with one attached hydrogen (secondary N) is 4. The number of rotatable bonds is 7. The number of hydrogen-bond donors (Lipinski definition) is 4. The number of thiocarbonyl (C=S) groups is 1. The Kier molecular flexibility index (Phi) is 8.74. The zero-order valence-corrected chi connectivity index (χ0v) is 20.4. The van der Waals surface area contributed by atoms with E-state index in [4.69, 9.17) is 51.4 Å². The van der Waals surface area contributed by atoms with E-state index in [0.717, 1.165) is 18.2 Å². The topological polar surface area (TPSA) is 112 Å². The van der Waals surface area contributed by atoms with Gasteiger partial charge in [-0.05, 0) is 49.5 Å². The van der Waals surface area contributed by atoms with Crippen LogP contribution in [-0.2, 0) is 9.84 Å². The van der Waals surface area contributed by atoms with Gasteiger partial charge in [0, 0.05) is 6.54 Å². The van der Waals surface area contributed by atoms with E-state index >= 15 is 0 Å². The smallest absolute Gasteiger partial charge is 0.459 e. The minimum Gasteiger partial charge on any atom is -0.459 e. The van der Waals surface area contributed by atoms with E-state index in [2.05, 4.69) is 21.3 Å². The minimum atomic E-state index is -5.62. The van der Waals surface area contributed by atoms with Crippen LogP contribution < -0.4 is 21.3 Å². The van der Waals surface area contributed by atoms with E-state index < -0.39 is 36.1 Å². The maximum atomic E-state index is 12.9. The van der Waals surface area contributed by atoms with Crippen molar-refractivity contribution in [1.82, 2.24) is 10.6 Å². The summed E-state index contributed by atoms with van der Waals surface area (Å²) in [6, 6.07) is 5.51. The second-order valence-corrected chi connectivity index (χ2v) is 10.9. The number of hydrogen-bond acceptors (Lipinski definition) is 6. The van der Waals surface area contributed by atoms with Gasteiger partial charge in [0.15, 0.2) is 10.9 Å². The first-order valence-corrected chi connectivity index (χ1v) is 11.9. The molecule has 2 aromatic rings. The largest absolute Gasteiger partial charge is 0.501 e. The first kappa shape index (κ1) is 27.3. The summed E-state index contributed by atoms with van der Waals surface area (Å²) in [5, 5.41) is 9.94. The van der Waals surface area contributed by atoms with Gasteiger partial charge in [-0.15, -0.1) is 0 Å². The van der Waals surface area contributed by atoms with Crippen molar-refractivity contribution >= 4 is 79.3 Å². The van der Waals surface area contributed by atoms with Crippen LogP contribution in [0, 0.1) is 0 Å². The van der Waals surface area contributed by atoms with Crippen LogP contribution in [0.2, 0.25) is 0 Å². The SMILES string of the molecule is CCNc1ccc(S(=O)(=O)C(F)(F)F)cc1NC(=S)NC(NC(=O)c1ccco1)C(Cl)(Cl)Cl. The molecule has 1 amide bonds. The monoisotopic (exact) mass is 566 g/mol. The summed E-state index contributed by atoms with van der Waals surface area (Å²) < 4.78 is 65.2. The van der Waals surface area contributed by atoms with Crippen molar-refractivity contribution in [2.45, 2.75) is 27.3 Å². The van der Waals surface area contributed by atoms with Crippen LogP contribution in [0.4, 0.5) is 24.5 Å². The lowest BCUT2D eigenvalue weighted by Crippen LogP contribution is -2.56. The molecule has 1 heterocycles. The molecule has 0 radical (unpaired) electrons. The quantitative estimate of drug-likeness (QED) is 0.221. The zero-order valence-electron chi connectivity index (χ0n) is 16.5. The molecule has 0 saturated heterocycles. The second kappa shape index (κ2) is 10.6. The highest BCUT2D eigenvalue weighted by atomic mass is 35.6. The third kappa shape index (κ3) is 7.03. The standard InChI is InChI=1S/C17H16Cl3F3N4O4S2/c1-2-24-10-6-5-9(33(29,30)17(21,22)23)8-11(10)25-15(32)27-14(16(18,19)20)26-13(28)12-4-3-7-31-12/h3-8,14,24H,2H2,1H3,(H,26,28)(H2,25,27,32). The molecule has 0 aliphatic heterocycles. The van der Waals surface area contributed by atoms with Crippen molar-refractivity contribution in [3.8, 4) is 0 Å². The van der Waals surface area contributed by atoms with Crippen molar-refractivity contribution in [2.75, 3.05) is 17.2 Å². The van der Waals surface area contributed by atoms with Crippen LogP contribution in [0.25, 0.3) is 0 Å². The summed E-state index contributed by atoms with van der Waals surface area (Å²) >= 11 is 22.8. The Balaban J connectivity index is 2.29. The highest BCUT2D eigenvalue weighted by Gasteiger charge is 2.47. The molecule has 8 nitrogen and oxygen atoms in total. The molecule has 0 bridgehead atoms. The van der Waals surface area contributed by atoms with E-state index in [1.165, 1.54) is 18.4 Å². The average molecular weight is 568 g/mol. The van der Waals surface area contributed by atoms with Crippen molar-refractivity contribution in [3.05, 3.63) is 42.4 Å². The number of benzene rings is 1. The van der Waals surface area contributed by atoms with Gasteiger partial charge in [0.25, 0.3) is 15.7 Å². The number of carbonyl (C=O) groups excluding carboxylic acids is 1. The molecule has 16 heteroatoms. The summed E-state index contributed by atoms with van der Waals surface area (Å²) in [6.07, 6.45) is -0.159. The van der Waals surface area contributed by atoms with Crippen LogP contribution in [0.3, 0.4) is 0 Å². The lowest BCUT2D eigenvalue weighted by Gasteiger charge is -2.27. The fourth-order valence-corrected chi connectivity index (χ4v) is 3.71. The van der Waals surface area contributed by atoms with Gasteiger partial charge in [0.05, 0.1) is 22.5 Å². The number of alkyl halides is 6. The summed E-state index contributed by atoms with van der Waals surface area (Å²) in [4.78, 5) is 11.2. The van der Waals surface area contributed by atoms with E-state index in [1.54, 1.807) is 6.92 Å². The van der Waals surface area contributed by atoms with Crippen molar-refractivity contribution in [2.24, 2.45) is 0 Å². The Morgan fingerprint density at radius 3 is 2.33 bits per heavy atom. The molecule has 0 aliphatic carbocycles. The number of amides is 1. The van der Waals surface area contributed by atoms with Crippen LogP contribution >= 0.6 is 47.0 Å². The van der Waals surface area contributed by atoms with E-state index in [0.29, 0.717) is 6.54 Å². The van der Waals surface area contributed by atoms with Gasteiger partial charge >= 0.3 is 5.51 Å². The van der Waals surface area contributed by atoms with Gasteiger partial charge in [-0.25, -0.2) is 8.42 Å². The van der Waals surface area contributed by atoms with Gasteiger partial charge in [-0.1, -0.05) is 34.8 Å². The molecular weight excluding hydrogens is 552 g/mol. The first-order valence-electron chi connectivity index (χ1n) is 8.84. The molecule has 1 unspecified atom stereocenters. The fraction of sp³-hybridized carbons (Fsp3) is 0.294. The molecule has 0 fully saturated rings. The average Bonchev–Trinajstić information content (AvgIpc) is 3.22. The number of sulfone groups is 1. The summed E-state index contributed by atoms with van der Waals surface area (Å²) in [5.74, 6) is -0.840. The lowest BCUT2D eigenvalue weighted by molar-refractivity contribution is -0.0436. The van der Waals surface area contributed by atoms with Crippen molar-refractivity contribution < 1.29 is 30.8 Å². The lowest BCUT2D eigenvalue weighted by atomic mass is 10.2. The molecule has 33 heavy (non-hydrogen) atoms. The molecule has 4 N–H and O–H groups in total. The zero-order chi connectivity index (χ0) is 25.0. The Labute approximate surface area is 207 Å². The van der Waals surface area contributed by atoms with E-state index in [-0.39, 0.29) is 22.2 Å². The predicted octanol–water partition coefficient (Wildman–Crippen LogP) is 4.42. The van der Waals surface area contributed by atoms with Crippen molar-refractivity contribution in [1.29, 1.82) is 0 Å². The molecule has 0 saturated carbocycles. The predicted molar refractivity (Wildman–Crippen MR) is 123 cm³/mol. The summed E-state index contributed by atoms with van der Waals surface area (Å²) in [6.45, 7) is 2.07. The molecule has 1 aromatic carbocycles. The maximum absolute atomic E-state index is 12.9. The highest BCUT2D eigenvalue weighted by Crippen LogP contribution is 2.34. The molecule has 182 valence electrons. The Hall–Kier alpha value is -1.93. The number of carbonyl (C=O) groups is 1. The second-order valence-electron chi connectivity index (χ2n) is 6.21. The Morgan fingerprint density at radius 2 is 1.82 bits per heavy atom. The molecule has 0 spiro atoms. The van der Waals surface area contributed by atoms with Gasteiger partial charge in [0.2, 0.25) is 3.79 Å². The van der Waals surface area contributed by atoms with Crippen LogP contribution in [0.5, 0.6) is 0 Å². The molecule has 0 aliphatic rings. The van der Waals surface area contributed by atoms with Gasteiger partial charge in [-0.2, -0.15) is 13.2 Å². The Morgan fingerprint density at radius 1 is 1.15 bits per heavy atom. The third-order valence-corrected chi connectivity index (χ3v) is 6.20. The van der Waals surface area contributed by atoms with Crippen molar-refractivity contribution in [3.63, 3.8) is 0 Å². The maximum Gasteiger partial charge on any atom is 0.501 e. The van der Waals surface area contributed by atoms with E-state index in [1.807, 2.05) is 0 Å². The third-order valence-electron chi connectivity index (χ3n) is 3.84. The fourth-order valence-electron chi connectivity index (χ4n) is 2.37. The van der Waals surface area contributed by atoms with Gasteiger partial charge in [0.1, 0.15) is 6.17 Å². The van der Waals surface area contributed by atoms with Gasteiger partial charge < -0.3 is 25.7 Å². The molecule has 1 aromatic heterocycles. The highest BCUT2D eigenvalue weighted by molar-refractivity contribution is 7.92. The Bertz CT molecular complexity index is 1110. The minimum absolute atomic E-state index is 0.0885. The number of anilines is 2. The first-order chi connectivity index (χ1) is 15.2. The normalized spacial score (nSPS) is 13.2. The molecular formula is C17H16Cl3F3N4O4S2. The van der Waals surface area contributed by atoms with E-state index in [9.17, 15) is 26.4 Å². The van der Waals surface area contributed by atoms with Gasteiger partial charge in [-0.3, -0.25) is 4.79 Å².